The lowest BCUT2D eigenvalue weighted by Crippen LogP contribution is -2.39. The van der Waals surface area contributed by atoms with Gasteiger partial charge < -0.3 is 5.11 Å². The van der Waals surface area contributed by atoms with Gasteiger partial charge in [-0.15, -0.1) is 0 Å². The van der Waals surface area contributed by atoms with Gasteiger partial charge in [0.1, 0.15) is 5.82 Å². The van der Waals surface area contributed by atoms with Gasteiger partial charge in [-0.3, -0.25) is 9.69 Å². The third-order valence-corrected chi connectivity index (χ3v) is 5.10. The molecule has 1 N–H and O–H groups in total. The number of carbonyl (C=O) groups is 1. The Labute approximate surface area is 160 Å². The third kappa shape index (κ3) is 5.32. The summed E-state index contributed by atoms with van der Waals surface area (Å²) >= 11 is 0. The molecule has 1 heterocycles. The molecule has 28 heavy (non-hydrogen) atoms. The molecule has 0 radical (unpaired) electrons. The van der Waals surface area contributed by atoms with Gasteiger partial charge >= 0.3 is 12.1 Å². The van der Waals surface area contributed by atoms with E-state index in [1.807, 2.05) is 0 Å². The number of halogens is 4. The van der Waals surface area contributed by atoms with Crippen LogP contribution >= 0.6 is 0 Å². The molecule has 0 aliphatic carbocycles. The Bertz CT molecular complexity index is 803. The molecule has 1 aliphatic heterocycles. The number of aliphatic carboxylic acids is 1. The zero-order chi connectivity index (χ0) is 20.3. The SMILES string of the molecule is O=C(O)C[C@@H]1C[C@@H](c2ccc(C(F)(F)F)cc2)CN(Cc2ccc(F)cc2)C1. The van der Waals surface area contributed by atoms with E-state index in [1.165, 1.54) is 24.3 Å². The zero-order valence-electron chi connectivity index (χ0n) is 15.1. The summed E-state index contributed by atoms with van der Waals surface area (Å²) in [4.78, 5) is 13.3. The van der Waals surface area contributed by atoms with Crippen molar-refractivity contribution in [2.24, 2.45) is 5.92 Å². The Kier molecular flexibility index (Phi) is 6.03. The summed E-state index contributed by atoms with van der Waals surface area (Å²) < 4.78 is 51.5. The van der Waals surface area contributed by atoms with Crippen LogP contribution in [0.4, 0.5) is 17.6 Å². The van der Waals surface area contributed by atoms with E-state index in [2.05, 4.69) is 4.90 Å². The quantitative estimate of drug-likeness (QED) is 0.731. The molecule has 3 nitrogen and oxygen atoms in total. The molecule has 2 atom stereocenters. The second-order valence-corrected chi connectivity index (χ2v) is 7.34. The average molecular weight is 395 g/mol. The van der Waals surface area contributed by atoms with Crippen LogP contribution in [0.15, 0.2) is 48.5 Å². The fourth-order valence-corrected chi connectivity index (χ4v) is 3.86. The molecule has 0 spiro atoms. The highest BCUT2D eigenvalue weighted by Crippen LogP contribution is 2.35. The van der Waals surface area contributed by atoms with Crippen molar-refractivity contribution in [1.82, 2.24) is 4.90 Å². The van der Waals surface area contributed by atoms with Crippen LogP contribution in [0.1, 0.15) is 35.4 Å². The Morgan fingerprint density at radius 1 is 1.04 bits per heavy atom. The Morgan fingerprint density at radius 2 is 1.68 bits per heavy atom. The fourth-order valence-electron chi connectivity index (χ4n) is 3.86. The van der Waals surface area contributed by atoms with E-state index < -0.39 is 17.7 Å². The molecule has 150 valence electrons. The van der Waals surface area contributed by atoms with Gasteiger partial charge in [-0.05, 0) is 53.6 Å². The van der Waals surface area contributed by atoms with E-state index >= 15 is 0 Å². The van der Waals surface area contributed by atoms with E-state index in [-0.39, 0.29) is 24.1 Å². The molecule has 0 saturated carbocycles. The lowest BCUT2D eigenvalue weighted by Gasteiger charge is -2.37. The first-order chi connectivity index (χ1) is 13.2. The van der Waals surface area contributed by atoms with Crippen molar-refractivity contribution in [2.75, 3.05) is 13.1 Å². The number of carboxylic acids is 1. The second kappa shape index (κ2) is 8.31. The predicted octanol–water partition coefficient (Wildman–Crippen LogP) is 4.92. The Morgan fingerprint density at radius 3 is 2.25 bits per heavy atom. The van der Waals surface area contributed by atoms with E-state index in [1.54, 1.807) is 12.1 Å². The van der Waals surface area contributed by atoms with Crippen LogP contribution in [-0.4, -0.2) is 29.1 Å². The molecule has 1 fully saturated rings. The van der Waals surface area contributed by atoms with Gasteiger partial charge in [0.05, 0.1) is 5.56 Å². The molecule has 0 amide bonds. The van der Waals surface area contributed by atoms with Crippen LogP contribution in [0, 0.1) is 11.7 Å². The first-order valence-electron chi connectivity index (χ1n) is 9.06. The van der Waals surface area contributed by atoms with Crippen LogP contribution < -0.4 is 0 Å². The molecule has 1 saturated heterocycles. The highest BCUT2D eigenvalue weighted by molar-refractivity contribution is 5.67. The number of carboxylic acid groups (broad SMARTS) is 1. The minimum atomic E-state index is -4.38. The van der Waals surface area contributed by atoms with E-state index in [4.69, 9.17) is 5.11 Å². The van der Waals surface area contributed by atoms with Crippen LogP contribution in [0.2, 0.25) is 0 Å². The summed E-state index contributed by atoms with van der Waals surface area (Å²) in [7, 11) is 0. The standard InChI is InChI=1S/C21H21F4NO2/c22-19-7-1-14(2-8-19)11-26-12-15(10-20(27)28)9-17(13-26)16-3-5-18(6-4-16)21(23,24)25/h1-8,15,17H,9-13H2,(H,27,28)/t15-,17+/m0/s1. The molecular formula is C21H21F4NO2. The van der Waals surface area contributed by atoms with E-state index in [0.717, 1.165) is 23.3 Å². The van der Waals surface area contributed by atoms with Crippen molar-refractivity contribution in [2.45, 2.75) is 31.5 Å². The average Bonchev–Trinajstić information content (AvgIpc) is 2.62. The number of nitrogens with zero attached hydrogens (tertiary/aromatic N) is 1. The molecule has 0 bridgehead atoms. The molecule has 0 unspecified atom stereocenters. The summed E-state index contributed by atoms with van der Waals surface area (Å²) in [6.45, 7) is 1.73. The highest BCUT2D eigenvalue weighted by Gasteiger charge is 2.32. The maximum absolute atomic E-state index is 13.1. The van der Waals surface area contributed by atoms with Gasteiger partial charge in [0.2, 0.25) is 0 Å². The molecule has 1 aliphatic rings. The van der Waals surface area contributed by atoms with Crippen molar-refractivity contribution in [3.63, 3.8) is 0 Å². The van der Waals surface area contributed by atoms with Gasteiger partial charge in [0.25, 0.3) is 0 Å². The summed E-state index contributed by atoms with van der Waals surface area (Å²) in [6.07, 6.45) is -3.76. The van der Waals surface area contributed by atoms with Gasteiger partial charge in [-0.25, -0.2) is 4.39 Å². The molecule has 7 heteroatoms. The number of rotatable bonds is 5. The van der Waals surface area contributed by atoms with Crippen LogP contribution in [0.25, 0.3) is 0 Å². The molecule has 2 aromatic carbocycles. The van der Waals surface area contributed by atoms with Crippen molar-refractivity contribution in [3.8, 4) is 0 Å². The van der Waals surface area contributed by atoms with Gasteiger partial charge in [-0.1, -0.05) is 24.3 Å². The first-order valence-corrected chi connectivity index (χ1v) is 9.06. The van der Waals surface area contributed by atoms with Crippen LogP contribution in [0.5, 0.6) is 0 Å². The number of benzene rings is 2. The fraction of sp³-hybridized carbons (Fsp3) is 0.381. The van der Waals surface area contributed by atoms with Gasteiger partial charge in [-0.2, -0.15) is 13.2 Å². The topological polar surface area (TPSA) is 40.5 Å². The highest BCUT2D eigenvalue weighted by atomic mass is 19.4. The molecular weight excluding hydrogens is 374 g/mol. The minimum Gasteiger partial charge on any atom is -0.481 e. The van der Waals surface area contributed by atoms with Crippen molar-refractivity contribution in [3.05, 3.63) is 71.0 Å². The number of hydrogen-bond acceptors (Lipinski definition) is 2. The zero-order valence-corrected chi connectivity index (χ0v) is 15.1. The van der Waals surface area contributed by atoms with E-state index in [9.17, 15) is 22.4 Å². The largest absolute Gasteiger partial charge is 0.481 e. The first kappa shape index (κ1) is 20.3. The maximum atomic E-state index is 13.1. The Hall–Kier alpha value is -2.41. The molecule has 0 aromatic heterocycles. The molecule has 3 rings (SSSR count). The summed E-state index contributed by atoms with van der Waals surface area (Å²) in [5.41, 5.74) is 0.980. The van der Waals surface area contributed by atoms with E-state index in [0.29, 0.717) is 26.1 Å². The third-order valence-electron chi connectivity index (χ3n) is 5.10. The van der Waals surface area contributed by atoms with Gasteiger partial charge in [0.15, 0.2) is 0 Å². The summed E-state index contributed by atoms with van der Waals surface area (Å²) in [5, 5.41) is 9.17. The molecule has 2 aromatic rings. The minimum absolute atomic E-state index is 0.0110. The lowest BCUT2D eigenvalue weighted by atomic mass is 9.82. The Balaban J connectivity index is 1.77. The second-order valence-electron chi connectivity index (χ2n) is 7.34. The number of hydrogen-bond donors (Lipinski definition) is 1. The maximum Gasteiger partial charge on any atom is 0.416 e. The normalized spacial score (nSPS) is 20.9. The van der Waals surface area contributed by atoms with Crippen molar-refractivity contribution < 1.29 is 27.5 Å². The monoisotopic (exact) mass is 395 g/mol. The lowest BCUT2D eigenvalue weighted by molar-refractivity contribution is -0.139. The van der Waals surface area contributed by atoms with Crippen LogP contribution in [-0.2, 0) is 17.5 Å². The van der Waals surface area contributed by atoms with Crippen LogP contribution in [0.3, 0.4) is 0 Å². The number of piperidine rings is 1. The van der Waals surface area contributed by atoms with Crippen molar-refractivity contribution in [1.29, 1.82) is 0 Å². The predicted molar refractivity (Wildman–Crippen MR) is 96.2 cm³/mol. The number of alkyl halides is 3. The van der Waals surface area contributed by atoms with Gasteiger partial charge in [0, 0.05) is 26.1 Å². The summed E-state index contributed by atoms with van der Waals surface area (Å²) in [5.74, 6) is -1.37. The number of likely N-dealkylation sites (tertiary alicyclic amines) is 1. The summed E-state index contributed by atoms with van der Waals surface area (Å²) in [6, 6.07) is 11.2. The van der Waals surface area contributed by atoms with Crippen molar-refractivity contribution >= 4 is 5.97 Å². The smallest absolute Gasteiger partial charge is 0.416 e.